The minimum atomic E-state index is -1.03. The minimum absolute atomic E-state index is 0.0540. The molecule has 1 aliphatic heterocycles. The summed E-state index contributed by atoms with van der Waals surface area (Å²) in [4.78, 5) is 23.9. The fourth-order valence-electron chi connectivity index (χ4n) is 2.47. The summed E-state index contributed by atoms with van der Waals surface area (Å²) in [7, 11) is 0. The first-order chi connectivity index (χ1) is 11.4. The number of carboxylic acid groups (broad SMARTS) is 1. The van der Waals surface area contributed by atoms with E-state index in [0.29, 0.717) is 32.7 Å². The highest BCUT2D eigenvalue weighted by atomic mass is 16.5. The fraction of sp³-hybridized carbons (Fsp3) is 0.556. The van der Waals surface area contributed by atoms with Crippen LogP contribution in [0.15, 0.2) is 30.3 Å². The third-order valence-corrected chi connectivity index (χ3v) is 4.34. The van der Waals surface area contributed by atoms with Crippen LogP contribution in [-0.4, -0.2) is 42.3 Å². The maximum Gasteiger partial charge on any atom is 0.310 e. The minimum Gasteiger partial charge on any atom is -0.481 e. The van der Waals surface area contributed by atoms with E-state index in [1.807, 2.05) is 30.3 Å². The van der Waals surface area contributed by atoms with Gasteiger partial charge in [-0.15, -0.1) is 0 Å². The maximum atomic E-state index is 12.7. The van der Waals surface area contributed by atoms with Crippen LogP contribution in [0.2, 0.25) is 0 Å². The van der Waals surface area contributed by atoms with Gasteiger partial charge in [-0.2, -0.15) is 0 Å². The molecule has 2 N–H and O–H groups in total. The number of aliphatic carboxylic acids is 1. The quantitative estimate of drug-likeness (QED) is 0.796. The molecule has 2 rings (SSSR count). The molecule has 1 saturated heterocycles. The lowest BCUT2D eigenvalue weighted by Crippen LogP contribution is -2.54. The van der Waals surface area contributed by atoms with Crippen LogP contribution in [0.4, 0.5) is 0 Å². The number of carboxylic acids is 1. The molecule has 24 heavy (non-hydrogen) atoms. The predicted octanol–water partition coefficient (Wildman–Crippen LogP) is 1.98. The molecule has 0 bridgehead atoms. The van der Waals surface area contributed by atoms with E-state index in [1.165, 1.54) is 0 Å². The number of nitrogens with one attached hydrogen (secondary N) is 1. The molecule has 132 valence electrons. The Morgan fingerprint density at radius 3 is 2.46 bits per heavy atom. The van der Waals surface area contributed by atoms with Crippen molar-refractivity contribution in [2.45, 2.75) is 38.9 Å². The molecule has 1 amide bonds. The summed E-state index contributed by atoms with van der Waals surface area (Å²) in [5.74, 6) is -1.22. The van der Waals surface area contributed by atoms with Crippen molar-refractivity contribution < 1.29 is 24.2 Å². The van der Waals surface area contributed by atoms with Crippen LogP contribution in [0.25, 0.3) is 0 Å². The Labute approximate surface area is 142 Å². The van der Waals surface area contributed by atoms with Crippen molar-refractivity contribution in [3.63, 3.8) is 0 Å². The van der Waals surface area contributed by atoms with Gasteiger partial charge in [-0.1, -0.05) is 30.3 Å². The van der Waals surface area contributed by atoms with E-state index < -0.39 is 17.0 Å². The third kappa shape index (κ3) is 4.55. The number of amides is 1. The second kappa shape index (κ2) is 7.77. The zero-order valence-corrected chi connectivity index (χ0v) is 14.2. The van der Waals surface area contributed by atoms with E-state index >= 15 is 0 Å². The van der Waals surface area contributed by atoms with E-state index in [0.717, 1.165) is 5.56 Å². The molecule has 0 aliphatic carbocycles. The lowest BCUT2D eigenvalue weighted by atomic mass is 9.90. The Hall–Kier alpha value is -1.92. The van der Waals surface area contributed by atoms with Crippen LogP contribution in [0.3, 0.4) is 0 Å². The molecule has 6 heteroatoms. The van der Waals surface area contributed by atoms with Crippen LogP contribution < -0.4 is 5.32 Å². The Bertz CT molecular complexity index is 564. The number of carbonyl (C=O) groups is 2. The average molecular weight is 335 g/mol. The van der Waals surface area contributed by atoms with E-state index in [4.69, 9.17) is 9.47 Å². The highest BCUT2D eigenvalue weighted by Crippen LogP contribution is 2.27. The molecule has 6 nitrogen and oxygen atoms in total. The van der Waals surface area contributed by atoms with Crippen LogP contribution in [0.1, 0.15) is 32.3 Å². The molecular formula is C18H25NO5. The molecule has 0 spiro atoms. The number of rotatable bonds is 7. The molecule has 1 fully saturated rings. The second-order valence-corrected chi connectivity index (χ2v) is 6.75. The fourth-order valence-corrected chi connectivity index (χ4v) is 2.47. The summed E-state index contributed by atoms with van der Waals surface area (Å²) >= 11 is 0. The Morgan fingerprint density at radius 2 is 1.88 bits per heavy atom. The van der Waals surface area contributed by atoms with Crippen LogP contribution in [0, 0.1) is 5.41 Å². The van der Waals surface area contributed by atoms with E-state index in [1.54, 1.807) is 13.8 Å². The number of hydrogen-bond donors (Lipinski definition) is 2. The second-order valence-electron chi connectivity index (χ2n) is 6.75. The lowest BCUT2D eigenvalue weighted by Gasteiger charge is -2.36. The lowest BCUT2D eigenvalue weighted by molar-refractivity contribution is -0.164. The highest BCUT2D eigenvalue weighted by Gasteiger charge is 2.42. The largest absolute Gasteiger partial charge is 0.481 e. The van der Waals surface area contributed by atoms with Crippen LogP contribution in [0.5, 0.6) is 0 Å². The van der Waals surface area contributed by atoms with Crippen molar-refractivity contribution >= 4 is 11.9 Å². The molecule has 1 aromatic rings. The Balaban J connectivity index is 2.03. The SMILES string of the molecule is CC(C)(CNC(=O)C1(OCc2ccccc2)CCOCC1)C(=O)O. The molecule has 0 aromatic heterocycles. The van der Waals surface area contributed by atoms with Crippen molar-refractivity contribution in [1.82, 2.24) is 5.32 Å². The van der Waals surface area contributed by atoms with Gasteiger partial charge in [0.25, 0.3) is 5.91 Å². The number of benzene rings is 1. The highest BCUT2D eigenvalue weighted by molar-refractivity contribution is 5.86. The van der Waals surface area contributed by atoms with Crippen molar-refractivity contribution in [1.29, 1.82) is 0 Å². The van der Waals surface area contributed by atoms with E-state index in [2.05, 4.69) is 5.32 Å². The van der Waals surface area contributed by atoms with Crippen molar-refractivity contribution in [3.05, 3.63) is 35.9 Å². The summed E-state index contributed by atoms with van der Waals surface area (Å²) in [6, 6.07) is 9.65. The molecule has 0 unspecified atom stereocenters. The smallest absolute Gasteiger partial charge is 0.310 e. The molecule has 1 heterocycles. The summed E-state index contributed by atoms with van der Waals surface area (Å²) in [5, 5.41) is 11.9. The van der Waals surface area contributed by atoms with Gasteiger partial charge >= 0.3 is 5.97 Å². The van der Waals surface area contributed by atoms with Gasteiger partial charge < -0.3 is 19.9 Å². The topological polar surface area (TPSA) is 84.9 Å². The molecule has 0 saturated carbocycles. The van der Waals surface area contributed by atoms with Crippen molar-refractivity contribution in [3.8, 4) is 0 Å². The van der Waals surface area contributed by atoms with Gasteiger partial charge in [0.05, 0.1) is 12.0 Å². The van der Waals surface area contributed by atoms with Gasteiger partial charge in [0.15, 0.2) is 5.60 Å². The summed E-state index contributed by atoms with van der Waals surface area (Å²) in [5.41, 5.74) is -1.01. The Morgan fingerprint density at radius 1 is 1.25 bits per heavy atom. The zero-order chi connectivity index (χ0) is 17.6. The van der Waals surface area contributed by atoms with E-state index in [9.17, 15) is 14.7 Å². The number of hydrogen-bond acceptors (Lipinski definition) is 4. The van der Waals surface area contributed by atoms with Crippen LogP contribution in [-0.2, 0) is 25.7 Å². The van der Waals surface area contributed by atoms with Gasteiger partial charge in [-0.3, -0.25) is 9.59 Å². The maximum absolute atomic E-state index is 12.7. The van der Waals surface area contributed by atoms with Gasteiger partial charge in [0.2, 0.25) is 0 Å². The molecule has 1 aromatic carbocycles. The first-order valence-corrected chi connectivity index (χ1v) is 8.13. The monoisotopic (exact) mass is 335 g/mol. The summed E-state index contributed by atoms with van der Waals surface area (Å²) in [6.07, 6.45) is 0.915. The third-order valence-electron chi connectivity index (χ3n) is 4.34. The van der Waals surface area contributed by atoms with Crippen LogP contribution >= 0.6 is 0 Å². The molecule has 0 atom stereocenters. The van der Waals surface area contributed by atoms with Crippen molar-refractivity contribution in [2.24, 2.45) is 5.41 Å². The summed E-state index contributed by atoms with van der Waals surface area (Å²) in [6.45, 7) is 4.44. The molecule has 0 radical (unpaired) electrons. The molecule has 1 aliphatic rings. The average Bonchev–Trinajstić information content (AvgIpc) is 2.59. The van der Waals surface area contributed by atoms with Gasteiger partial charge in [-0.25, -0.2) is 0 Å². The Kier molecular flexibility index (Phi) is 5.96. The first-order valence-electron chi connectivity index (χ1n) is 8.13. The van der Waals surface area contributed by atoms with Gasteiger partial charge in [0.1, 0.15) is 0 Å². The standard InChI is InChI=1S/C18H25NO5/c1-17(2,16(21)22)13-19-15(20)18(8-10-23-11-9-18)24-12-14-6-4-3-5-7-14/h3-7H,8-13H2,1-2H3,(H,19,20)(H,21,22). The van der Waals surface area contributed by atoms with E-state index in [-0.39, 0.29) is 12.5 Å². The molecular weight excluding hydrogens is 310 g/mol. The predicted molar refractivity (Wildman–Crippen MR) is 88.4 cm³/mol. The zero-order valence-electron chi connectivity index (χ0n) is 14.2. The number of carbonyl (C=O) groups excluding carboxylic acids is 1. The van der Waals surface area contributed by atoms with Crippen molar-refractivity contribution in [2.75, 3.05) is 19.8 Å². The normalized spacial score (nSPS) is 17.2. The van der Waals surface area contributed by atoms with Gasteiger partial charge in [0, 0.05) is 32.6 Å². The first kappa shape index (κ1) is 18.4. The summed E-state index contributed by atoms with van der Waals surface area (Å²) < 4.78 is 11.4. The van der Waals surface area contributed by atoms with Gasteiger partial charge in [-0.05, 0) is 19.4 Å². The number of ether oxygens (including phenoxy) is 2.